The van der Waals surface area contributed by atoms with Crippen LogP contribution in [0.2, 0.25) is 0 Å². The highest BCUT2D eigenvalue weighted by atomic mass is 28.2. The molecule has 0 bridgehead atoms. The first-order valence-corrected chi connectivity index (χ1v) is 4.72. The second-order valence-corrected chi connectivity index (χ2v) is 3.28. The van der Waals surface area contributed by atoms with Crippen molar-refractivity contribution in [3.63, 3.8) is 0 Å². The SMILES string of the molecule is CC(=O)OC[Si]OC(=O)C(C)C. The van der Waals surface area contributed by atoms with Crippen molar-refractivity contribution in [2.75, 3.05) is 6.23 Å². The second-order valence-electron chi connectivity index (χ2n) is 2.50. The van der Waals surface area contributed by atoms with Gasteiger partial charge in [-0.15, -0.1) is 0 Å². The van der Waals surface area contributed by atoms with Crippen LogP contribution in [0.15, 0.2) is 0 Å². The molecule has 0 fully saturated rings. The Morgan fingerprint density at radius 2 is 2.00 bits per heavy atom. The lowest BCUT2D eigenvalue weighted by molar-refractivity contribution is -0.141. The Bertz CT molecular complexity index is 167. The van der Waals surface area contributed by atoms with Gasteiger partial charge in [0.15, 0.2) is 0 Å². The number of carbonyl (C=O) groups excluding carboxylic acids is 2. The highest BCUT2D eigenvalue weighted by Crippen LogP contribution is 1.94. The van der Waals surface area contributed by atoms with E-state index in [4.69, 9.17) is 4.43 Å². The minimum Gasteiger partial charge on any atom is -0.513 e. The van der Waals surface area contributed by atoms with E-state index in [2.05, 4.69) is 4.74 Å². The van der Waals surface area contributed by atoms with Gasteiger partial charge in [0.25, 0.3) is 5.97 Å². The number of ether oxygens (including phenoxy) is 1. The second kappa shape index (κ2) is 5.76. The third-order valence-corrected chi connectivity index (χ3v) is 1.59. The van der Waals surface area contributed by atoms with Crippen molar-refractivity contribution in [2.45, 2.75) is 20.8 Å². The zero-order valence-corrected chi connectivity index (χ0v) is 8.42. The van der Waals surface area contributed by atoms with Gasteiger partial charge < -0.3 is 9.16 Å². The molecule has 0 saturated carbocycles. The highest BCUT2D eigenvalue weighted by Gasteiger charge is 2.08. The minimum absolute atomic E-state index is 0.0945. The van der Waals surface area contributed by atoms with Gasteiger partial charge in [-0.25, -0.2) is 0 Å². The highest BCUT2D eigenvalue weighted by molar-refractivity contribution is 6.30. The fraction of sp³-hybridized carbons (Fsp3) is 0.714. The van der Waals surface area contributed by atoms with Crippen molar-refractivity contribution in [3.8, 4) is 0 Å². The Morgan fingerprint density at radius 3 is 2.42 bits per heavy atom. The van der Waals surface area contributed by atoms with Gasteiger partial charge in [-0.3, -0.25) is 9.59 Å². The molecule has 2 radical (unpaired) electrons. The number of esters is 1. The van der Waals surface area contributed by atoms with Crippen LogP contribution in [0.3, 0.4) is 0 Å². The molecular formula is C7H12O4Si. The average molecular weight is 188 g/mol. The molecule has 0 aliphatic rings. The Kier molecular flexibility index (Phi) is 5.36. The largest absolute Gasteiger partial charge is 0.513 e. The number of carbonyl (C=O) groups is 2. The molecule has 0 aromatic rings. The molecule has 0 N–H and O–H groups in total. The van der Waals surface area contributed by atoms with Crippen LogP contribution >= 0.6 is 0 Å². The van der Waals surface area contributed by atoms with Crippen molar-refractivity contribution in [1.29, 1.82) is 0 Å². The number of rotatable bonds is 4. The van der Waals surface area contributed by atoms with E-state index in [0.29, 0.717) is 0 Å². The summed E-state index contributed by atoms with van der Waals surface area (Å²) in [5.41, 5.74) is 0. The fourth-order valence-corrected chi connectivity index (χ4v) is 1.05. The van der Waals surface area contributed by atoms with E-state index in [-0.39, 0.29) is 33.8 Å². The van der Waals surface area contributed by atoms with E-state index in [0.717, 1.165) is 0 Å². The quantitative estimate of drug-likeness (QED) is 0.362. The molecule has 0 spiro atoms. The van der Waals surface area contributed by atoms with Crippen LogP contribution in [-0.4, -0.2) is 27.9 Å². The molecule has 0 unspecified atom stereocenters. The number of hydrogen-bond acceptors (Lipinski definition) is 4. The number of hydrogen-bond donors (Lipinski definition) is 0. The first-order chi connectivity index (χ1) is 5.54. The van der Waals surface area contributed by atoms with E-state index in [1.807, 2.05) is 0 Å². The summed E-state index contributed by atoms with van der Waals surface area (Å²) in [6, 6.07) is 0. The van der Waals surface area contributed by atoms with Crippen molar-refractivity contribution in [1.82, 2.24) is 0 Å². The van der Waals surface area contributed by atoms with Gasteiger partial charge in [0.1, 0.15) is 6.23 Å². The fourth-order valence-electron chi connectivity index (χ4n) is 0.350. The predicted octanol–water partition coefficient (Wildman–Crippen LogP) is 0.325. The minimum atomic E-state index is -0.358. The Morgan fingerprint density at radius 1 is 1.42 bits per heavy atom. The summed E-state index contributed by atoms with van der Waals surface area (Å²) in [7, 11) is -0.0945. The van der Waals surface area contributed by atoms with Gasteiger partial charge in [-0.05, 0) is 0 Å². The molecule has 0 amide bonds. The van der Waals surface area contributed by atoms with E-state index >= 15 is 0 Å². The molecule has 0 atom stereocenters. The Hall–Kier alpha value is -0.843. The van der Waals surface area contributed by atoms with Crippen molar-refractivity contribution in [2.24, 2.45) is 5.92 Å². The predicted molar refractivity (Wildman–Crippen MR) is 43.3 cm³/mol. The maximum Gasteiger partial charge on any atom is 0.356 e. The first-order valence-electron chi connectivity index (χ1n) is 3.61. The van der Waals surface area contributed by atoms with Crippen molar-refractivity contribution in [3.05, 3.63) is 0 Å². The third kappa shape index (κ3) is 5.91. The molecule has 4 nitrogen and oxygen atoms in total. The van der Waals surface area contributed by atoms with E-state index < -0.39 is 0 Å². The maximum absolute atomic E-state index is 10.8. The molecule has 68 valence electrons. The van der Waals surface area contributed by atoms with Gasteiger partial charge in [-0.2, -0.15) is 0 Å². The summed E-state index contributed by atoms with van der Waals surface area (Å²) in [6.45, 7) is 4.81. The van der Waals surface area contributed by atoms with Crippen LogP contribution in [0.25, 0.3) is 0 Å². The summed E-state index contributed by atoms with van der Waals surface area (Å²) in [6.07, 6.45) is 0.161. The standard InChI is InChI=1S/C7H12O4Si/c1-5(2)7(9)11-12-4-10-6(3)8/h5H,4H2,1-3H3. The van der Waals surface area contributed by atoms with Crippen LogP contribution in [0.4, 0.5) is 0 Å². The van der Waals surface area contributed by atoms with Crippen molar-refractivity contribution >= 4 is 21.7 Å². The van der Waals surface area contributed by atoms with E-state index in [9.17, 15) is 9.59 Å². The van der Waals surface area contributed by atoms with Crippen LogP contribution in [0, 0.1) is 5.92 Å². The molecule has 0 aliphatic carbocycles. The van der Waals surface area contributed by atoms with Gasteiger partial charge in [-0.1, -0.05) is 13.8 Å². The normalized spacial score (nSPS) is 9.67. The van der Waals surface area contributed by atoms with Crippen LogP contribution in [0.1, 0.15) is 20.8 Å². The third-order valence-electron chi connectivity index (χ3n) is 0.979. The summed E-state index contributed by atoms with van der Waals surface area (Å²) < 4.78 is 9.33. The van der Waals surface area contributed by atoms with Crippen LogP contribution in [0.5, 0.6) is 0 Å². The Labute approximate surface area is 74.2 Å². The zero-order valence-electron chi connectivity index (χ0n) is 7.42. The first kappa shape index (κ1) is 11.2. The molecule has 0 saturated heterocycles. The van der Waals surface area contributed by atoms with Crippen LogP contribution < -0.4 is 0 Å². The molecule has 0 aliphatic heterocycles. The molecule has 0 heterocycles. The average Bonchev–Trinajstić information content (AvgIpc) is 1.97. The molecule has 0 aromatic carbocycles. The van der Waals surface area contributed by atoms with Crippen LogP contribution in [-0.2, 0) is 18.8 Å². The summed E-state index contributed by atoms with van der Waals surface area (Å²) in [5.74, 6) is -0.751. The van der Waals surface area contributed by atoms with E-state index in [1.54, 1.807) is 13.8 Å². The molecule has 5 heteroatoms. The van der Waals surface area contributed by atoms with Gasteiger partial charge in [0.2, 0.25) is 0 Å². The zero-order chi connectivity index (χ0) is 9.56. The van der Waals surface area contributed by atoms with E-state index in [1.165, 1.54) is 6.92 Å². The van der Waals surface area contributed by atoms with Gasteiger partial charge in [0.05, 0.1) is 0 Å². The molecule has 0 rings (SSSR count). The molecule has 0 aromatic heterocycles. The van der Waals surface area contributed by atoms with Gasteiger partial charge >= 0.3 is 15.7 Å². The molecule has 12 heavy (non-hydrogen) atoms. The maximum atomic E-state index is 10.8. The van der Waals surface area contributed by atoms with Crippen molar-refractivity contribution < 1.29 is 18.8 Å². The Balaban J connectivity index is 3.32. The monoisotopic (exact) mass is 188 g/mol. The summed E-state index contributed by atoms with van der Waals surface area (Å²) >= 11 is 0. The lowest BCUT2D eigenvalue weighted by atomic mass is 10.2. The summed E-state index contributed by atoms with van der Waals surface area (Å²) in [4.78, 5) is 21.1. The summed E-state index contributed by atoms with van der Waals surface area (Å²) in [5, 5.41) is 0. The molecular weight excluding hydrogens is 176 g/mol. The lowest BCUT2D eigenvalue weighted by Crippen LogP contribution is -2.18. The smallest absolute Gasteiger partial charge is 0.356 e. The lowest BCUT2D eigenvalue weighted by Gasteiger charge is -2.05. The van der Waals surface area contributed by atoms with Gasteiger partial charge in [0, 0.05) is 12.8 Å². The topological polar surface area (TPSA) is 52.6 Å².